The second kappa shape index (κ2) is 4.45. The monoisotopic (exact) mass is 230 g/mol. The van der Waals surface area contributed by atoms with Crippen LogP contribution in [-0.2, 0) is 11.2 Å². The van der Waals surface area contributed by atoms with Crippen LogP contribution in [0.4, 0.5) is 0 Å². The molecule has 1 aromatic carbocycles. The number of aliphatic carboxylic acids is 1. The highest BCUT2D eigenvalue weighted by Gasteiger charge is 2.08. The van der Waals surface area contributed by atoms with E-state index in [2.05, 4.69) is 6.92 Å². The van der Waals surface area contributed by atoms with Crippen LogP contribution >= 0.6 is 0 Å². The van der Waals surface area contributed by atoms with Crippen LogP contribution in [0.1, 0.15) is 16.9 Å². The van der Waals surface area contributed by atoms with Gasteiger partial charge in [-0.15, -0.1) is 0 Å². The van der Waals surface area contributed by atoms with E-state index in [0.29, 0.717) is 11.5 Å². The van der Waals surface area contributed by atoms with E-state index in [0.717, 1.165) is 5.56 Å². The van der Waals surface area contributed by atoms with Gasteiger partial charge in [-0.3, -0.25) is 4.79 Å². The molecule has 3 heteroatoms. The highest BCUT2D eigenvalue weighted by atomic mass is 16.4. The lowest BCUT2D eigenvalue weighted by Gasteiger charge is -2.02. The Hall–Kier alpha value is -2.03. The molecule has 0 aliphatic rings. The molecule has 0 bridgehead atoms. The van der Waals surface area contributed by atoms with Crippen molar-refractivity contribution in [3.05, 3.63) is 47.2 Å². The van der Waals surface area contributed by atoms with Crippen molar-refractivity contribution >= 4 is 5.97 Å². The van der Waals surface area contributed by atoms with Crippen molar-refractivity contribution in [2.75, 3.05) is 0 Å². The molecule has 2 rings (SSSR count). The first kappa shape index (κ1) is 11.5. The zero-order valence-electron chi connectivity index (χ0n) is 9.86. The van der Waals surface area contributed by atoms with Crippen molar-refractivity contribution in [3.8, 4) is 11.3 Å². The molecule has 1 heterocycles. The number of furan rings is 1. The number of carboxylic acid groups (broad SMARTS) is 1. The molecule has 0 radical (unpaired) electrons. The smallest absolute Gasteiger partial charge is 0.311 e. The van der Waals surface area contributed by atoms with Gasteiger partial charge in [0.2, 0.25) is 0 Å². The zero-order valence-corrected chi connectivity index (χ0v) is 9.86. The largest absolute Gasteiger partial charge is 0.481 e. The zero-order chi connectivity index (χ0) is 12.4. The minimum absolute atomic E-state index is 0.0785. The van der Waals surface area contributed by atoms with Crippen LogP contribution in [0, 0.1) is 13.8 Å². The third-order valence-corrected chi connectivity index (χ3v) is 2.78. The Kier molecular flexibility index (Phi) is 3.00. The van der Waals surface area contributed by atoms with Crippen molar-refractivity contribution < 1.29 is 14.3 Å². The van der Waals surface area contributed by atoms with Crippen molar-refractivity contribution in [2.45, 2.75) is 20.3 Å². The van der Waals surface area contributed by atoms with Crippen molar-refractivity contribution in [1.29, 1.82) is 0 Å². The molecule has 0 saturated carbocycles. The third kappa shape index (κ3) is 2.56. The van der Waals surface area contributed by atoms with Gasteiger partial charge in [-0.1, -0.05) is 12.1 Å². The van der Waals surface area contributed by atoms with E-state index in [1.54, 1.807) is 6.07 Å². The summed E-state index contributed by atoms with van der Waals surface area (Å²) in [5.41, 5.74) is 3.40. The van der Waals surface area contributed by atoms with E-state index < -0.39 is 5.97 Å². The predicted octanol–water partition coefficient (Wildman–Crippen LogP) is 3.19. The van der Waals surface area contributed by atoms with E-state index in [1.807, 2.05) is 31.2 Å². The summed E-state index contributed by atoms with van der Waals surface area (Å²) in [6.07, 6.45) is -0.0785. The van der Waals surface area contributed by atoms with Crippen LogP contribution in [0.3, 0.4) is 0 Å². The Labute approximate surface area is 99.7 Å². The van der Waals surface area contributed by atoms with Gasteiger partial charge in [0.15, 0.2) is 0 Å². The first-order valence-electron chi connectivity index (χ1n) is 5.44. The van der Waals surface area contributed by atoms with Gasteiger partial charge in [0.25, 0.3) is 0 Å². The van der Waals surface area contributed by atoms with Crippen molar-refractivity contribution in [3.63, 3.8) is 0 Å². The van der Waals surface area contributed by atoms with Crippen LogP contribution in [-0.4, -0.2) is 11.1 Å². The molecular weight excluding hydrogens is 216 g/mol. The Balaban J connectivity index is 2.30. The average molecular weight is 230 g/mol. The second-order valence-electron chi connectivity index (χ2n) is 4.14. The van der Waals surface area contributed by atoms with Gasteiger partial charge in [-0.05, 0) is 43.2 Å². The highest BCUT2D eigenvalue weighted by molar-refractivity contribution is 5.70. The number of aryl methyl sites for hydroxylation is 2. The Morgan fingerprint density at radius 2 is 1.94 bits per heavy atom. The van der Waals surface area contributed by atoms with Crippen LogP contribution in [0.2, 0.25) is 0 Å². The van der Waals surface area contributed by atoms with Crippen LogP contribution in [0.25, 0.3) is 11.3 Å². The minimum Gasteiger partial charge on any atom is -0.481 e. The topological polar surface area (TPSA) is 50.4 Å². The normalized spacial score (nSPS) is 10.5. The van der Waals surface area contributed by atoms with Gasteiger partial charge >= 0.3 is 5.97 Å². The maximum atomic E-state index is 10.6. The molecule has 0 atom stereocenters. The molecule has 0 spiro atoms. The Morgan fingerprint density at radius 1 is 1.18 bits per heavy atom. The summed E-state index contributed by atoms with van der Waals surface area (Å²) >= 11 is 0. The second-order valence-corrected chi connectivity index (χ2v) is 4.14. The Morgan fingerprint density at radius 3 is 2.59 bits per heavy atom. The van der Waals surface area contributed by atoms with Gasteiger partial charge in [0.05, 0.1) is 0 Å². The number of rotatable bonds is 3. The highest BCUT2D eigenvalue weighted by Crippen LogP contribution is 2.24. The summed E-state index contributed by atoms with van der Waals surface area (Å²) in [7, 11) is 0. The standard InChI is InChI=1S/C14H14O3/c1-9-3-4-11(7-10(9)2)13-6-5-12(17-13)8-14(15)16/h3-7H,8H2,1-2H3,(H,15,16). The predicted molar refractivity (Wildman–Crippen MR) is 65.0 cm³/mol. The first-order chi connectivity index (χ1) is 8.06. The fourth-order valence-corrected chi connectivity index (χ4v) is 1.67. The molecule has 3 nitrogen and oxygen atoms in total. The maximum Gasteiger partial charge on any atom is 0.311 e. The molecule has 17 heavy (non-hydrogen) atoms. The van der Waals surface area contributed by atoms with E-state index in [1.165, 1.54) is 11.1 Å². The Bertz CT molecular complexity index is 552. The molecule has 0 unspecified atom stereocenters. The summed E-state index contributed by atoms with van der Waals surface area (Å²) in [6.45, 7) is 4.09. The van der Waals surface area contributed by atoms with Gasteiger partial charge < -0.3 is 9.52 Å². The molecule has 88 valence electrons. The number of benzene rings is 1. The van der Waals surface area contributed by atoms with Gasteiger partial charge in [-0.2, -0.15) is 0 Å². The van der Waals surface area contributed by atoms with Gasteiger partial charge in [-0.25, -0.2) is 0 Å². The minimum atomic E-state index is -0.883. The summed E-state index contributed by atoms with van der Waals surface area (Å²) in [4.78, 5) is 10.6. The molecule has 0 aliphatic heterocycles. The lowest BCUT2D eigenvalue weighted by molar-refractivity contribution is -0.136. The van der Waals surface area contributed by atoms with Crippen molar-refractivity contribution in [2.24, 2.45) is 0 Å². The molecular formula is C14H14O3. The number of carbonyl (C=O) groups is 1. The number of carboxylic acids is 1. The molecule has 2 aromatic rings. The fraction of sp³-hybridized carbons (Fsp3) is 0.214. The van der Waals surface area contributed by atoms with Crippen LogP contribution < -0.4 is 0 Å². The molecule has 1 N–H and O–H groups in total. The number of hydrogen-bond donors (Lipinski definition) is 1. The molecule has 0 fully saturated rings. The summed E-state index contributed by atoms with van der Waals surface area (Å²) in [5.74, 6) is 0.307. The molecule has 0 aliphatic carbocycles. The van der Waals surface area contributed by atoms with Gasteiger partial charge in [0, 0.05) is 5.56 Å². The SMILES string of the molecule is Cc1ccc(-c2ccc(CC(=O)O)o2)cc1C. The molecule has 1 aromatic heterocycles. The van der Waals surface area contributed by atoms with Crippen molar-refractivity contribution in [1.82, 2.24) is 0 Å². The summed E-state index contributed by atoms with van der Waals surface area (Å²) in [5, 5.41) is 8.67. The quantitative estimate of drug-likeness (QED) is 0.880. The lowest BCUT2D eigenvalue weighted by Crippen LogP contribution is -1.97. The van der Waals surface area contributed by atoms with E-state index in [9.17, 15) is 4.79 Å². The fourth-order valence-electron chi connectivity index (χ4n) is 1.67. The van der Waals surface area contributed by atoms with Crippen LogP contribution in [0.5, 0.6) is 0 Å². The lowest BCUT2D eigenvalue weighted by atomic mass is 10.1. The summed E-state index contributed by atoms with van der Waals surface area (Å²) in [6, 6.07) is 9.56. The van der Waals surface area contributed by atoms with Crippen LogP contribution in [0.15, 0.2) is 34.7 Å². The molecule has 0 saturated heterocycles. The van der Waals surface area contributed by atoms with E-state index >= 15 is 0 Å². The maximum absolute atomic E-state index is 10.6. The summed E-state index contributed by atoms with van der Waals surface area (Å²) < 4.78 is 5.49. The average Bonchev–Trinajstić information content (AvgIpc) is 2.69. The van der Waals surface area contributed by atoms with E-state index in [-0.39, 0.29) is 6.42 Å². The number of hydrogen-bond acceptors (Lipinski definition) is 2. The first-order valence-corrected chi connectivity index (χ1v) is 5.44. The molecule has 0 amide bonds. The van der Waals surface area contributed by atoms with Gasteiger partial charge in [0.1, 0.15) is 17.9 Å². The third-order valence-electron chi connectivity index (χ3n) is 2.78. The van der Waals surface area contributed by atoms with E-state index in [4.69, 9.17) is 9.52 Å².